The third-order valence-electron chi connectivity index (χ3n) is 2.27. The van der Waals surface area contributed by atoms with Crippen molar-refractivity contribution < 1.29 is 4.39 Å². The summed E-state index contributed by atoms with van der Waals surface area (Å²) in [5.74, 6) is 0.406. The standard InChI is InChI=1S/C12H11ClFN3S/c1-7-11(14)12(15)17-10(16-7)6-18-9-4-2-8(13)3-5-9/h2-5H,6H2,1H3,(H2,15,16,17). The van der Waals surface area contributed by atoms with Crippen molar-refractivity contribution in [2.75, 3.05) is 5.73 Å². The van der Waals surface area contributed by atoms with E-state index in [0.717, 1.165) is 4.90 Å². The molecule has 0 aliphatic heterocycles. The molecule has 0 aliphatic rings. The maximum absolute atomic E-state index is 13.2. The molecule has 94 valence electrons. The topological polar surface area (TPSA) is 51.8 Å². The Morgan fingerprint density at radius 1 is 1.28 bits per heavy atom. The third kappa shape index (κ3) is 3.11. The van der Waals surface area contributed by atoms with E-state index < -0.39 is 5.82 Å². The number of rotatable bonds is 3. The van der Waals surface area contributed by atoms with Crippen molar-refractivity contribution in [2.45, 2.75) is 17.6 Å². The highest BCUT2D eigenvalue weighted by molar-refractivity contribution is 7.98. The Morgan fingerprint density at radius 3 is 2.56 bits per heavy atom. The van der Waals surface area contributed by atoms with E-state index >= 15 is 0 Å². The molecule has 2 N–H and O–H groups in total. The van der Waals surface area contributed by atoms with Gasteiger partial charge >= 0.3 is 0 Å². The van der Waals surface area contributed by atoms with Crippen LogP contribution in [-0.4, -0.2) is 9.97 Å². The van der Waals surface area contributed by atoms with Crippen molar-refractivity contribution in [1.29, 1.82) is 0 Å². The molecule has 0 saturated carbocycles. The van der Waals surface area contributed by atoms with Crippen LogP contribution in [0.3, 0.4) is 0 Å². The van der Waals surface area contributed by atoms with Gasteiger partial charge in [0, 0.05) is 9.92 Å². The minimum absolute atomic E-state index is 0.103. The van der Waals surface area contributed by atoms with Gasteiger partial charge in [0.1, 0.15) is 5.82 Å². The first kappa shape index (κ1) is 13.1. The fraction of sp³-hybridized carbons (Fsp3) is 0.167. The number of nitrogen functional groups attached to an aromatic ring is 1. The number of hydrogen-bond donors (Lipinski definition) is 1. The molecule has 18 heavy (non-hydrogen) atoms. The molecule has 0 saturated heterocycles. The Labute approximate surface area is 114 Å². The highest BCUT2D eigenvalue weighted by Gasteiger charge is 2.08. The van der Waals surface area contributed by atoms with Crippen molar-refractivity contribution in [1.82, 2.24) is 9.97 Å². The van der Waals surface area contributed by atoms with Gasteiger partial charge in [-0.05, 0) is 31.2 Å². The quantitative estimate of drug-likeness (QED) is 0.877. The number of hydrogen-bond acceptors (Lipinski definition) is 4. The predicted molar refractivity (Wildman–Crippen MR) is 72.2 cm³/mol. The van der Waals surface area contributed by atoms with Crippen LogP contribution in [0.1, 0.15) is 11.5 Å². The Balaban J connectivity index is 2.08. The second-order valence-electron chi connectivity index (χ2n) is 3.67. The highest BCUT2D eigenvalue weighted by Crippen LogP contribution is 2.23. The Bertz CT molecular complexity index is 537. The van der Waals surface area contributed by atoms with Gasteiger partial charge in [0.25, 0.3) is 0 Å². The molecule has 2 aromatic rings. The minimum atomic E-state index is -0.546. The molecule has 3 nitrogen and oxygen atoms in total. The van der Waals surface area contributed by atoms with Crippen molar-refractivity contribution in [3.05, 3.63) is 46.6 Å². The minimum Gasteiger partial charge on any atom is -0.381 e. The van der Waals surface area contributed by atoms with Crippen LogP contribution in [-0.2, 0) is 5.75 Å². The van der Waals surface area contributed by atoms with E-state index in [-0.39, 0.29) is 11.5 Å². The molecule has 1 aromatic carbocycles. The summed E-state index contributed by atoms with van der Waals surface area (Å²) >= 11 is 7.34. The van der Waals surface area contributed by atoms with Gasteiger partial charge in [0.2, 0.25) is 0 Å². The summed E-state index contributed by atoms with van der Waals surface area (Å²) in [6, 6.07) is 7.45. The lowest BCUT2D eigenvalue weighted by molar-refractivity contribution is 0.604. The first-order valence-corrected chi connectivity index (χ1v) is 6.59. The zero-order valence-electron chi connectivity index (χ0n) is 9.65. The lowest BCUT2D eigenvalue weighted by Gasteiger charge is -2.04. The predicted octanol–water partition coefficient (Wildman–Crippen LogP) is 3.45. The van der Waals surface area contributed by atoms with E-state index in [1.165, 1.54) is 0 Å². The fourth-order valence-electron chi connectivity index (χ4n) is 1.38. The van der Waals surface area contributed by atoms with E-state index in [4.69, 9.17) is 17.3 Å². The van der Waals surface area contributed by atoms with Gasteiger partial charge in [0.05, 0.1) is 11.4 Å². The van der Waals surface area contributed by atoms with Crippen LogP contribution in [0.4, 0.5) is 10.2 Å². The summed E-state index contributed by atoms with van der Waals surface area (Å²) in [6.07, 6.45) is 0. The average molecular weight is 284 g/mol. The lowest BCUT2D eigenvalue weighted by atomic mass is 10.4. The summed E-state index contributed by atoms with van der Waals surface area (Å²) in [5.41, 5.74) is 5.73. The first-order valence-electron chi connectivity index (χ1n) is 5.23. The normalized spacial score (nSPS) is 10.6. The van der Waals surface area contributed by atoms with Gasteiger partial charge in [-0.25, -0.2) is 14.4 Å². The summed E-state index contributed by atoms with van der Waals surface area (Å²) < 4.78 is 13.2. The molecule has 2 rings (SSSR count). The summed E-state index contributed by atoms with van der Waals surface area (Å²) in [5, 5.41) is 0.692. The Kier molecular flexibility index (Phi) is 4.04. The molecule has 0 unspecified atom stereocenters. The Morgan fingerprint density at radius 2 is 1.94 bits per heavy atom. The molecule has 0 amide bonds. The fourth-order valence-corrected chi connectivity index (χ4v) is 2.26. The third-order valence-corrected chi connectivity index (χ3v) is 3.53. The average Bonchev–Trinajstić information content (AvgIpc) is 2.35. The number of nitrogens with two attached hydrogens (primary N) is 1. The molecule has 1 heterocycles. The van der Waals surface area contributed by atoms with Crippen LogP contribution >= 0.6 is 23.4 Å². The van der Waals surface area contributed by atoms with E-state index in [2.05, 4.69) is 9.97 Å². The molecular formula is C12H11ClFN3S. The number of aromatic nitrogens is 2. The molecule has 1 aromatic heterocycles. The Hall–Kier alpha value is -1.33. The number of thioether (sulfide) groups is 1. The largest absolute Gasteiger partial charge is 0.381 e. The molecule has 0 spiro atoms. The number of anilines is 1. The second kappa shape index (κ2) is 5.54. The van der Waals surface area contributed by atoms with E-state index in [0.29, 0.717) is 16.6 Å². The van der Waals surface area contributed by atoms with E-state index in [1.807, 2.05) is 24.3 Å². The zero-order chi connectivity index (χ0) is 13.1. The number of nitrogens with zero attached hydrogens (tertiary/aromatic N) is 2. The van der Waals surface area contributed by atoms with Gasteiger partial charge in [-0.15, -0.1) is 11.8 Å². The first-order chi connectivity index (χ1) is 8.56. The van der Waals surface area contributed by atoms with Crippen molar-refractivity contribution >= 4 is 29.2 Å². The van der Waals surface area contributed by atoms with Crippen LogP contribution in [0.15, 0.2) is 29.2 Å². The summed E-state index contributed by atoms with van der Waals surface area (Å²) in [6.45, 7) is 1.57. The molecule has 6 heteroatoms. The lowest BCUT2D eigenvalue weighted by Crippen LogP contribution is -2.04. The molecule has 0 bridgehead atoms. The molecule has 0 fully saturated rings. The van der Waals surface area contributed by atoms with Crippen LogP contribution in [0, 0.1) is 12.7 Å². The van der Waals surface area contributed by atoms with Gasteiger partial charge in [-0.2, -0.15) is 0 Å². The smallest absolute Gasteiger partial charge is 0.186 e. The van der Waals surface area contributed by atoms with Gasteiger partial charge in [0.15, 0.2) is 11.6 Å². The van der Waals surface area contributed by atoms with E-state index in [9.17, 15) is 4.39 Å². The molecule has 0 aliphatic carbocycles. The van der Waals surface area contributed by atoms with E-state index in [1.54, 1.807) is 18.7 Å². The SMILES string of the molecule is Cc1nc(CSc2ccc(Cl)cc2)nc(N)c1F. The summed E-state index contributed by atoms with van der Waals surface area (Å²) in [7, 11) is 0. The van der Waals surface area contributed by atoms with Crippen molar-refractivity contribution in [3.63, 3.8) is 0 Å². The van der Waals surface area contributed by atoms with Crippen molar-refractivity contribution in [3.8, 4) is 0 Å². The van der Waals surface area contributed by atoms with Gasteiger partial charge in [-0.3, -0.25) is 0 Å². The van der Waals surface area contributed by atoms with Crippen LogP contribution < -0.4 is 5.73 Å². The molecular weight excluding hydrogens is 273 g/mol. The molecule has 0 atom stereocenters. The monoisotopic (exact) mass is 283 g/mol. The maximum Gasteiger partial charge on any atom is 0.186 e. The van der Waals surface area contributed by atoms with Crippen LogP contribution in [0.25, 0.3) is 0 Å². The summed E-state index contributed by atoms with van der Waals surface area (Å²) in [4.78, 5) is 9.01. The highest BCUT2D eigenvalue weighted by atomic mass is 35.5. The van der Waals surface area contributed by atoms with Crippen LogP contribution in [0.2, 0.25) is 5.02 Å². The van der Waals surface area contributed by atoms with Gasteiger partial charge < -0.3 is 5.73 Å². The van der Waals surface area contributed by atoms with Gasteiger partial charge in [-0.1, -0.05) is 11.6 Å². The number of benzene rings is 1. The van der Waals surface area contributed by atoms with Crippen molar-refractivity contribution in [2.24, 2.45) is 0 Å². The zero-order valence-corrected chi connectivity index (χ0v) is 11.2. The van der Waals surface area contributed by atoms with Crippen LogP contribution in [0.5, 0.6) is 0 Å². The molecule has 0 radical (unpaired) electrons. The number of aryl methyl sites for hydroxylation is 1. The number of halogens is 2. The second-order valence-corrected chi connectivity index (χ2v) is 5.15. The maximum atomic E-state index is 13.2.